The van der Waals surface area contributed by atoms with Crippen LogP contribution in [0.15, 0.2) is 36.7 Å². The zero-order valence-electron chi connectivity index (χ0n) is 11.6. The molecule has 0 aliphatic heterocycles. The first-order valence-corrected chi connectivity index (χ1v) is 6.44. The number of nitrogens with zero attached hydrogens (tertiary/aromatic N) is 2. The van der Waals surface area contributed by atoms with Gasteiger partial charge in [-0.05, 0) is 23.8 Å². The Bertz CT molecular complexity index is 665. The minimum Gasteiger partial charge on any atom is -0.495 e. The summed E-state index contributed by atoms with van der Waals surface area (Å²) in [4.78, 5) is 11.6. The van der Waals surface area contributed by atoms with Crippen LogP contribution < -0.4 is 4.74 Å². The number of ether oxygens (including phenoxy) is 1. The molecule has 4 heteroatoms. The normalized spacial score (nSPS) is 10.1. The lowest BCUT2D eigenvalue weighted by Gasteiger charge is -2.07. The van der Waals surface area contributed by atoms with Gasteiger partial charge in [0.1, 0.15) is 11.8 Å². The van der Waals surface area contributed by atoms with E-state index >= 15 is 0 Å². The third-order valence-electron chi connectivity index (χ3n) is 3.15. The van der Waals surface area contributed by atoms with E-state index in [0.717, 1.165) is 11.1 Å². The quantitative estimate of drug-likeness (QED) is 0.783. The highest BCUT2D eigenvalue weighted by Crippen LogP contribution is 2.20. The lowest BCUT2D eigenvalue weighted by atomic mass is 10.1. The average Bonchev–Trinajstić information content (AvgIpc) is 2.94. The van der Waals surface area contributed by atoms with Gasteiger partial charge in [-0.2, -0.15) is 5.26 Å². The summed E-state index contributed by atoms with van der Waals surface area (Å²) in [5.74, 6) is 0.711. The van der Waals surface area contributed by atoms with Crippen molar-refractivity contribution >= 4 is 5.78 Å². The number of aromatic nitrogens is 1. The maximum absolute atomic E-state index is 11.6. The number of hydrogen-bond donors (Lipinski definition) is 0. The summed E-state index contributed by atoms with van der Waals surface area (Å²) in [6, 6.07) is 9.40. The summed E-state index contributed by atoms with van der Waals surface area (Å²) in [6.45, 7) is 2.49. The molecule has 0 aliphatic rings. The second-order valence-corrected chi connectivity index (χ2v) is 4.50. The molecular weight excluding hydrogens is 252 g/mol. The molecule has 20 heavy (non-hydrogen) atoms. The fraction of sp³-hybridized carbons (Fsp3) is 0.250. The molecule has 0 N–H and O–H groups in total. The van der Waals surface area contributed by atoms with Gasteiger partial charge in [0, 0.05) is 30.9 Å². The number of nitriles is 1. The van der Waals surface area contributed by atoms with Crippen molar-refractivity contribution in [3.05, 3.63) is 53.3 Å². The van der Waals surface area contributed by atoms with Gasteiger partial charge >= 0.3 is 0 Å². The third-order valence-corrected chi connectivity index (χ3v) is 3.15. The Morgan fingerprint density at radius 1 is 1.40 bits per heavy atom. The first-order chi connectivity index (χ1) is 9.67. The van der Waals surface area contributed by atoms with Crippen molar-refractivity contribution in [1.29, 1.82) is 5.26 Å². The van der Waals surface area contributed by atoms with Crippen molar-refractivity contribution < 1.29 is 9.53 Å². The topological polar surface area (TPSA) is 55.0 Å². The number of rotatable bonds is 5. The van der Waals surface area contributed by atoms with Crippen molar-refractivity contribution in [2.75, 3.05) is 7.11 Å². The first kappa shape index (κ1) is 13.9. The molecule has 0 amide bonds. The Hall–Kier alpha value is -2.54. The number of Topliss-reactive ketones (excluding diaryl/α,β-unsaturated/α-hetero) is 1. The molecule has 0 aliphatic carbocycles. The molecule has 0 spiro atoms. The summed E-state index contributed by atoms with van der Waals surface area (Å²) >= 11 is 0. The summed E-state index contributed by atoms with van der Waals surface area (Å²) in [5.41, 5.74) is 2.27. The zero-order chi connectivity index (χ0) is 14.5. The predicted molar refractivity (Wildman–Crippen MR) is 75.9 cm³/mol. The van der Waals surface area contributed by atoms with Gasteiger partial charge in [0.2, 0.25) is 0 Å². The Morgan fingerprint density at radius 2 is 2.20 bits per heavy atom. The number of benzene rings is 1. The van der Waals surface area contributed by atoms with E-state index in [-0.39, 0.29) is 5.78 Å². The zero-order valence-corrected chi connectivity index (χ0v) is 11.6. The highest BCUT2D eigenvalue weighted by molar-refractivity contribution is 5.95. The van der Waals surface area contributed by atoms with Crippen LogP contribution in [0.3, 0.4) is 0 Å². The molecule has 1 heterocycles. The summed E-state index contributed by atoms with van der Waals surface area (Å²) in [6.07, 6.45) is 4.23. The van der Waals surface area contributed by atoms with Crippen LogP contribution in [0.2, 0.25) is 0 Å². The lowest BCUT2D eigenvalue weighted by Crippen LogP contribution is -1.99. The molecule has 2 rings (SSSR count). The summed E-state index contributed by atoms with van der Waals surface area (Å²) in [5, 5.41) is 8.95. The Morgan fingerprint density at radius 3 is 2.85 bits per heavy atom. The van der Waals surface area contributed by atoms with Gasteiger partial charge < -0.3 is 9.30 Å². The van der Waals surface area contributed by atoms with E-state index in [1.807, 2.05) is 42.1 Å². The maximum atomic E-state index is 11.6. The van der Waals surface area contributed by atoms with Crippen molar-refractivity contribution in [3.63, 3.8) is 0 Å². The van der Waals surface area contributed by atoms with E-state index in [1.165, 1.54) is 0 Å². The second-order valence-electron chi connectivity index (χ2n) is 4.50. The van der Waals surface area contributed by atoms with Crippen LogP contribution in [0.1, 0.15) is 34.8 Å². The third kappa shape index (κ3) is 2.89. The van der Waals surface area contributed by atoms with E-state index in [1.54, 1.807) is 13.2 Å². The van der Waals surface area contributed by atoms with E-state index in [2.05, 4.69) is 6.07 Å². The molecule has 102 valence electrons. The standard InChI is InChI=1S/C16H16N2O2/c1-3-15(19)14-6-7-18(11-14)10-12-4-5-13(9-17)16(8-12)20-2/h4-8,11H,3,10H2,1-2H3. The van der Waals surface area contributed by atoms with E-state index in [4.69, 9.17) is 10.00 Å². The van der Waals surface area contributed by atoms with Gasteiger partial charge in [0.05, 0.1) is 12.7 Å². The Labute approximate surface area is 118 Å². The molecule has 0 radical (unpaired) electrons. The Balaban J connectivity index is 2.20. The van der Waals surface area contributed by atoms with Crippen LogP contribution in [0.4, 0.5) is 0 Å². The van der Waals surface area contributed by atoms with Crippen LogP contribution in [-0.4, -0.2) is 17.5 Å². The molecule has 4 nitrogen and oxygen atoms in total. The van der Waals surface area contributed by atoms with Crippen molar-refractivity contribution in [3.8, 4) is 11.8 Å². The number of ketones is 1. The summed E-state index contributed by atoms with van der Waals surface area (Å²) < 4.78 is 7.14. The minimum atomic E-state index is 0.140. The van der Waals surface area contributed by atoms with Crippen LogP contribution in [0, 0.1) is 11.3 Å². The molecule has 1 aromatic heterocycles. The number of hydrogen-bond acceptors (Lipinski definition) is 3. The first-order valence-electron chi connectivity index (χ1n) is 6.44. The second kappa shape index (κ2) is 6.07. The fourth-order valence-corrected chi connectivity index (χ4v) is 2.05. The molecule has 2 aromatic rings. The molecule has 1 aromatic carbocycles. The highest BCUT2D eigenvalue weighted by Gasteiger charge is 2.07. The van der Waals surface area contributed by atoms with Crippen LogP contribution in [0.25, 0.3) is 0 Å². The number of carbonyl (C=O) groups excluding carboxylic acids is 1. The van der Waals surface area contributed by atoms with Crippen molar-refractivity contribution in [2.45, 2.75) is 19.9 Å². The monoisotopic (exact) mass is 268 g/mol. The maximum Gasteiger partial charge on any atom is 0.164 e. The van der Waals surface area contributed by atoms with E-state index < -0.39 is 0 Å². The molecule has 0 saturated carbocycles. The summed E-state index contributed by atoms with van der Waals surface area (Å²) in [7, 11) is 1.55. The van der Waals surface area contributed by atoms with Gasteiger partial charge in [-0.25, -0.2) is 0 Å². The fourth-order valence-electron chi connectivity index (χ4n) is 2.05. The van der Waals surface area contributed by atoms with Gasteiger partial charge in [-0.15, -0.1) is 0 Å². The number of carbonyl (C=O) groups is 1. The molecule has 0 fully saturated rings. The van der Waals surface area contributed by atoms with Crippen molar-refractivity contribution in [2.24, 2.45) is 0 Å². The highest BCUT2D eigenvalue weighted by atomic mass is 16.5. The largest absolute Gasteiger partial charge is 0.495 e. The van der Waals surface area contributed by atoms with Crippen LogP contribution in [-0.2, 0) is 6.54 Å². The van der Waals surface area contributed by atoms with Gasteiger partial charge in [-0.1, -0.05) is 13.0 Å². The van der Waals surface area contributed by atoms with Crippen LogP contribution >= 0.6 is 0 Å². The Kier molecular flexibility index (Phi) is 4.21. The molecule has 0 bridgehead atoms. The van der Waals surface area contributed by atoms with Gasteiger partial charge in [0.15, 0.2) is 5.78 Å². The van der Waals surface area contributed by atoms with Crippen molar-refractivity contribution in [1.82, 2.24) is 4.57 Å². The van der Waals surface area contributed by atoms with E-state index in [0.29, 0.717) is 24.3 Å². The SMILES string of the molecule is CCC(=O)c1ccn(Cc2ccc(C#N)c(OC)c2)c1. The van der Waals surface area contributed by atoms with E-state index in [9.17, 15) is 4.79 Å². The molecule has 0 unspecified atom stereocenters. The predicted octanol–water partition coefficient (Wildman–Crippen LogP) is 3.01. The average molecular weight is 268 g/mol. The van der Waals surface area contributed by atoms with Gasteiger partial charge in [-0.3, -0.25) is 4.79 Å². The molecule has 0 saturated heterocycles. The van der Waals surface area contributed by atoms with Gasteiger partial charge in [0.25, 0.3) is 0 Å². The number of methoxy groups -OCH3 is 1. The molecule has 0 atom stereocenters. The minimum absolute atomic E-state index is 0.140. The molecular formula is C16H16N2O2. The van der Waals surface area contributed by atoms with Crippen LogP contribution in [0.5, 0.6) is 5.75 Å². The lowest BCUT2D eigenvalue weighted by molar-refractivity contribution is 0.0988. The smallest absolute Gasteiger partial charge is 0.164 e.